The second kappa shape index (κ2) is 6.26. The van der Waals surface area contributed by atoms with E-state index in [1.807, 2.05) is 12.1 Å². The topological polar surface area (TPSA) is 35.2 Å². The summed E-state index contributed by atoms with van der Waals surface area (Å²) in [4.78, 5) is 0. The zero-order valence-corrected chi connectivity index (χ0v) is 10.8. The van der Waals surface area contributed by atoms with E-state index in [1.165, 1.54) is 5.56 Å². The van der Waals surface area contributed by atoms with Gasteiger partial charge in [-0.1, -0.05) is 28.1 Å². The molecule has 0 aliphatic heterocycles. The lowest BCUT2D eigenvalue weighted by Crippen LogP contribution is -2.18. The van der Waals surface area contributed by atoms with Crippen molar-refractivity contribution in [2.24, 2.45) is 5.73 Å². The van der Waals surface area contributed by atoms with Crippen molar-refractivity contribution in [3.8, 4) is 0 Å². The quantitative estimate of drug-likeness (QED) is 0.894. The van der Waals surface area contributed by atoms with Crippen LogP contribution in [0.4, 0.5) is 0 Å². The Balaban J connectivity index is 2.73. The number of hydrogen-bond acceptors (Lipinski definition) is 2. The molecule has 1 aromatic rings. The molecule has 0 saturated carbocycles. The van der Waals surface area contributed by atoms with Crippen molar-refractivity contribution in [2.45, 2.75) is 25.4 Å². The van der Waals surface area contributed by atoms with E-state index in [9.17, 15) is 0 Å². The third-order valence-electron chi connectivity index (χ3n) is 2.62. The van der Waals surface area contributed by atoms with E-state index in [4.69, 9.17) is 10.5 Å². The highest BCUT2D eigenvalue weighted by molar-refractivity contribution is 9.10. The first-order chi connectivity index (χ1) is 7.17. The number of rotatable bonds is 5. The lowest BCUT2D eigenvalue weighted by atomic mass is 9.94. The molecule has 15 heavy (non-hydrogen) atoms. The molecule has 2 unspecified atom stereocenters. The Morgan fingerprint density at radius 2 is 2.20 bits per heavy atom. The van der Waals surface area contributed by atoms with Gasteiger partial charge in [-0.15, -0.1) is 0 Å². The van der Waals surface area contributed by atoms with Crippen LogP contribution in [0.15, 0.2) is 28.7 Å². The molecule has 0 aromatic heterocycles. The van der Waals surface area contributed by atoms with Gasteiger partial charge in [0.15, 0.2) is 0 Å². The SMILES string of the molecule is COC(C)CC(CN)c1cccc(Br)c1. The zero-order chi connectivity index (χ0) is 11.3. The van der Waals surface area contributed by atoms with Crippen LogP contribution in [0, 0.1) is 0 Å². The fourth-order valence-corrected chi connectivity index (χ4v) is 2.04. The molecule has 3 heteroatoms. The van der Waals surface area contributed by atoms with Gasteiger partial charge in [0, 0.05) is 11.6 Å². The van der Waals surface area contributed by atoms with Crippen LogP contribution < -0.4 is 5.73 Å². The van der Waals surface area contributed by atoms with Gasteiger partial charge in [-0.3, -0.25) is 0 Å². The summed E-state index contributed by atoms with van der Waals surface area (Å²) < 4.78 is 6.37. The number of halogens is 1. The summed E-state index contributed by atoms with van der Waals surface area (Å²) in [6, 6.07) is 8.31. The van der Waals surface area contributed by atoms with Gasteiger partial charge in [-0.2, -0.15) is 0 Å². The predicted octanol–water partition coefficient (Wildman–Crippen LogP) is 2.92. The van der Waals surface area contributed by atoms with E-state index in [1.54, 1.807) is 7.11 Å². The molecule has 0 amide bonds. The molecule has 84 valence electrons. The largest absolute Gasteiger partial charge is 0.382 e. The van der Waals surface area contributed by atoms with Crippen molar-refractivity contribution >= 4 is 15.9 Å². The molecule has 0 heterocycles. The highest BCUT2D eigenvalue weighted by Crippen LogP contribution is 2.23. The van der Waals surface area contributed by atoms with Crippen molar-refractivity contribution in [2.75, 3.05) is 13.7 Å². The highest BCUT2D eigenvalue weighted by Gasteiger charge is 2.13. The van der Waals surface area contributed by atoms with E-state index >= 15 is 0 Å². The van der Waals surface area contributed by atoms with E-state index in [0.29, 0.717) is 12.5 Å². The first kappa shape index (κ1) is 12.7. The minimum Gasteiger partial charge on any atom is -0.382 e. The molecule has 0 aliphatic carbocycles. The monoisotopic (exact) mass is 271 g/mol. The summed E-state index contributed by atoms with van der Waals surface area (Å²) in [5, 5.41) is 0. The van der Waals surface area contributed by atoms with Gasteiger partial charge in [0.1, 0.15) is 0 Å². The van der Waals surface area contributed by atoms with Crippen molar-refractivity contribution < 1.29 is 4.74 Å². The second-order valence-corrected chi connectivity index (χ2v) is 4.69. The van der Waals surface area contributed by atoms with Crippen LogP contribution in [0.1, 0.15) is 24.8 Å². The Hall–Kier alpha value is -0.380. The number of ether oxygens (including phenoxy) is 1. The average Bonchev–Trinajstić information content (AvgIpc) is 2.25. The number of methoxy groups -OCH3 is 1. The average molecular weight is 272 g/mol. The summed E-state index contributed by atoms with van der Waals surface area (Å²) in [7, 11) is 1.74. The smallest absolute Gasteiger partial charge is 0.0549 e. The number of benzene rings is 1. The van der Waals surface area contributed by atoms with Gasteiger partial charge in [0.2, 0.25) is 0 Å². The Labute approximate surface area is 99.9 Å². The molecule has 1 aromatic carbocycles. The predicted molar refractivity (Wildman–Crippen MR) is 67.0 cm³/mol. The fraction of sp³-hybridized carbons (Fsp3) is 0.500. The lowest BCUT2D eigenvalue weighted by molar-refractivity contribution is 0.105. The first-order valence-corrected chi connectivity index (χ1v) is 5.95. The molecule has 0 radical (unpaired) electrons. The molecular formula is C12H18BrNO. The second-order valence-electron chi connectivity index (χ2n) is 3.77. The highest BCUT2D eigenvalue weighted by atomic mass is 79.9. The fourth-order valence-electron chi connectivity index (χ4n) is 1.63. The van der Waals surface area contributed by atoms with Crippen LogP contribution in [0.25, 0.3) is 0 Å². The Morgan fingerprint density at radius 3 is 2.73 bits per heavy atom. The molecule has 0 saturated heterocycles. The van der Waals surface area contributed by atoms with Crippen molar-refractivity contribution in [1.29, 1.82) is 0 Å². The molecule has 0 spiro atoms. The van der Waals surface area contributed by atoms with Crippen molar-refractivity contribution in [1.82, 2.24) is 0 Å². The lowest BCUT2D eigenvalue weighted by Gasteiger charge is -2.19. The molecule has 0 aliphatic rings. The van der Waals surface area contributed by atoms with Crippen LogP contribution in [0.3, 0.4) is 0 Å². The molecule has 2 nitrogen and oxygen atoms in total. The van der Waals surface area contributed by atoms with Crippen molar-refractivity contribution in [3.63, 3.8) is 0 Å². The van der Waals surface area contributed by atoms with Crippen LogP contribution in [-0.2, 0) is 4.74 Å². The molecule has 0 bridgehead atoms. The van der Waals surface area contributed by atoms with E-state index in [-0.39, 0.29) is 6.10 Å². The molecule has 2 N–H and O–H groups in total. The summed E-state index contributed by atoms with van der Waals surface area (Å²) >= 11 is 3.47. The maximum absolute atomic E-state index is 5.79. The Kier molecular flexibility index (Phi) is 5.29. The normalized spacial score (nSPS) is 14.9. The summed E-state index contributed by atoms with van der Waals surface area (Å²) in [5.74, 6) is 0.373. The van der Waals surface area contributed by atoms with Gasteiger partial charge in [-0.05, 0) is 43.5 Å². The molecular weight excluding hydrogens is 254 g/mol. The number of nitrogens with two attached hydrogens (primary N) is 1. The molecule has 1 rings (SSSR count). The minimum atomic E-state index is 0.248. The zero-order valence-electron chi connectivity index (χ0n) is 9.24. The standard InChI is InChI=1S/C12H18BrNO/c1-9(15-2)6-11(8-14)10-4-3-5-12(13)7-10/h3-5,7,9,11H,6,8,14H2,1-2H3. The van der Waals surface area contributed by atoms with Gasteiger partial charge >= 0.3 is 0 Å². The van der Waals surface area contributed by atoms with Gasteiger partial charge < -0.3 is 10.5 Å². The van der Waals surface area contributed by atoms with Gasteiger partial charge in [0.05, 0.1) is 6.10 Å². The third-order valence-corrected chi connectivity index (χ3v) is 3.12. The number of hydrogen-bond donors (Lipinski definition) is 1. The van der Waals surface area contributed by atoms with E-state index in [2.05, 4.69) is 35.0 Å². The van der Waals surface area contributed by atoms with Crippen molar-refractivity contribution in [3.05, 3.63) is 34.3 Å². The summed E-state index contributed by atoms with van der Waals surface area (Å²) in [6.45, 7) is 2.73. The molecule has 2 atom stereocenters. The van der Waals surface area contributed by atoms with Crippen LogP contribution in [0.5, 0.6) is 0 Å². The maximum atomic E-state index is 5.79. The Morgan fingerprint density at radius 1 is 1.47 bits per heavy atom. The van der Waals surface area contributed by atoms with Crippen LogP contribution in [-0.4, -0.2) is 19.8 Å². The first-order valence-electron chi connectivity index (χ1n) is 5.15. The minimum absolute atomic E-state index is 0.248. The van der Waals surface area contributed by atoms with Crippen LogP contribution >= 0.6 is 15.9 Å². The van der Waals surface area contributed by atoms with E-state index < -0.39 is 0 Å². The van der Waals surface area contributed by atoms with Gasteiger partial charge in [0.25, 0.3) is 0 Å². The van der Waals surface area contributed by atoms with Crippen LogP contribution in [0.2, 0.25) is 0 Å². The summed E-state index contributed by atoms with van der Waals surface area (Å²) in [6.07, 6.45) is 1.21. The summed E-state index contributed by atoms with van der Waals surface area (Å²) in [5.41, 5.74) is 7.06. The Bertz CT molecular complexity index is 303. The van der Waals surface area contributed by atoms with E-state index in [0.717, 1.165) is 10.9 Å². The molecule has 0 fully saturated rings. The van der Waals surface area contributed by atoms with Gasteiger partial charge in [-0.25, -0.2) is 0 Å². The third kappa shape index (κ3) is 3.93. The maximum Gasteiger partial charge on any atom is 0.0549 e.